The molecule has 4 rings (SSSR count). The van der Waals surface area contributed by atoms with Crippen LogP contribution in [0.4, 0.5) is 13.2 Å². The van der Waals surface area contributed by atoms with E-state index in [2.05, 4.69) is 6.92 Å². The van der Waals surface area contributed by atoms with Crippen molar-refractivity contribution in [3.63, 3.8) is 0 Å². The lowest BCUT2D eigenvalue weighted by Gasteiger charge is -2.41. The highest BCUT2D eigenvalue weighted by Crippen LogP contribution is 2.49. The summed E-state index contributed by atoms with van der Waals surface area (Å²) >= 11 is 0. The fraction of sp³-hybridized carbons (Fsp3) is 0.519. The normalized spacial score (nSPS) is 22.5. The predicted molar refractivity (Wildman–Crippen MR) is 117 cm³/mol. The quantitative estimate of drug-likeness (QED) is 0.429. The van der Waals surface area contributed by atoms with Crippen LogP contribution >= 0.6 is 0 Å². The van der Waals surface area contributed by atoms with Crippen molar-refractivity contribution in [2.24, 2.45) is 11.8 Å². The average molecular weight is 426 g/mol. The van der Waals surface area contributed by atoms with Gasteiger partial charge < -0.3 is 0 Å². The molecule has 2 aliphatic rings. The van der Waals surface area contributed by atoms with Gasteiger partial charge in [0.05, 0.1) is 0 Å². The number of rotatable bonds is 6. The van der Waals surface area contributed by atoms with Crippen molar-refractivity contribution in [1.29, 1.82) is 5.26 Å². The van der Waals surface area contributed by atoms with Gasteiger partial charge in [-0.1, -0.05) is 39.0 Å². The molecule has 0 unspecified atom stereocenters. The van der Waals surface area contributed by atoms with Crippen molar-refractivity contribution in [3.05, 3.63) is 58.4 Å². The first kappa shape index (κ1) is 21.9. The second kappa shape index (κ2) is 9.47. The predicted octanol–water partition coefficient (Wildman–Crippen LogP) is 8.06. The minimum Gasteiger partial charge on any atom is -0.206 e. The number of nitriles is 1. The molecule has 0 saturated heterocycles. The van der Waals surface area contributed by atoms with Gasteiger partial charge in [-0.2, -0.15) is 5.26 Å². The lowest BCUT2D eigenvalue weighted by Crippen LogP contribution is -2.28. The zero-order valence-corrected chi connectivity index (χ0v) is 18.2. The number of benzene rings is 2. The molecule has 0 aromatic heterocycles. The Hall–Kier alpha value is -2.28. The largest absolute Gasteiger partial charge is 0.206 e. The molecule has 1 fully saturated rings. The summed E-state index contributed by atoms with van der Waals surface area (Å²) in [7, 11) is 0. The van der Waals surface area contributed by atoms with Crippen LogP contribution in [0, 0.1) is 40.6 Å². The minimum absolute atomic E-state index is 0.146. The van der Waals surface area contributed by atoms with E-state index in [0.29, 0.717) is 11.8 Å². The van der Waals surface area contributed by atoms with Crippen molar-refractivity contribution in [2.45, 2.75) is 77.0 Å². The zero-order chi connectivity index (χ0) is 22.0. The average Bonchev–Trinajstić information content (AvgIpc) is 2.76. The molecule has 0 spiro atoms. The van der Waals surface area contributed by atoms with E-state index in [0.717, 1.165) is 48.4 Å². The monoisotopic (exact) mass is 425 g/mol. The van der Waals surface area contributed by atoms with Crippen LogP contribution in [0.1, 0.15) is 87.3 Å². The second-order valence-corrected chi connectivity index (χ2v) is 9.39. The fourth-order valence-corrected chi connectivity index (χ4v) is 5.80. The maximum atomic E-state index is 15.1. The number of aryl methyl sites for hydroxylation is 1. The number of halogens is 3. The van der Waals surface area contributed by atoms with Crippen LogP contribution in [0.15, 0.2) is 24.3 Å². The molecule has 0 heterocycles. The Balaban J connectivity index is 1.54. The first-order valence-electron chi connectivity index (χ1n) is 11.7. The summed E-state index contributed by atoms with van der Waals surface area (Å²) in [5.74, 6) is -0.530. The van der Waals surface area contributed by atoms with E-state index in [-0.39, 0.29) is 11.1 Å². The molecule has 2 aliphatic carbocycles. The summed E-state index contributed by atoms with van der Waals surface area (Å²) < 4.78 is 43.2. The van der Waals surface area contributed by atoms with Crippen molar-refractivity contribution >= 4 is 0 Å². The summed E-state index contributed by atoms with van der Waals surface area (Å²) in [5.41, 5.74) is 1.92. The third kappa shape index (κ3) is 4.52. The third-order valence-electron chi connectivity index (χ3n) is 7.43. The fourth-order valence-electron chi connectivity index (χ4n) is 5.80. The van der Waals surface area contributed by atoms with Gasteiger partial charge in [0.2, 0.25) is 0 Å². The smallest absolute Gasteiger partial charge is 0.144 e. The van der Waals surface area contributed by atoms with Crippen molar-refractivity contribution < 1.29 is 13.2 Å². The van der Waals surface area contributed by atoms with Crippen molar-refractivity contribution in [3.8, 4) is 17.2 Å². The Bertz CT molecular complexity index is 968. The molecule has 1 saturated carbocycles. The molecular weight excluding hydrogens is 395 g/mol. The molecule has 0 radical (unpaired) electrons. The topological polar surface area (TPSA) is 23.8 Å². The SMILES string of the molecule is CCCCCC[C@@H]1CC[C@@H]2c3cc(F)c(-c4cc(F)c(C#N)c(F)c4)cc3CC[C@H]2C1. The van der Waals surface area contributed by atoms with Crippen LogP contribution in [-0.2, 0) is 6.42 Å². The van der Waals surface area contributed by atoms with Crippen LogP contribution < -0.4 is 0 Å². The van der Waals surface area contributed by atoms with Crippen molar-refractivity contribution in [2.75, 3.05) is 0 Å². The molecule has 2 aromatic rings. The summed E-state index contributed by atoms with van der Waals surface area (Å²) in [6.45, 7) is 2.24. The van der Waals surface area contributed by atoms with Crippen LogP contribution in [0.2, 0.25) is 0 Å². The van der Waals surface area contributed by atoms with Gasteiger partial charge in [0.1, 0.15) is 29.1 Å². The van der Waals surface area contributed by atoms with Gasteiger partial charge in [0, 0.05) is 5.56 Å². The highest BCUT2D eigenvalue weighted by atomic mass is 19.1. The zero-order valence-electron chi connectivity index (χ0n) is 18.2. The van der Waals surface area contributed by atoms with E-state index < -0.39 is 23.0 Å². The molecular formula is C27H30F3N. The summed E-state index contributed by atoms with van der Waals surface area (Å²) in [5, 5.41) is 8.87. The number of fused-ring (bicyclic) bond motifs is 3. The van der Waals surface area contributed by atoms with Gasteiger partial charge >= 0.3 is 0 Å². The van der Waals surface area contributed by atoms with Crippen molar-refractivity contribution in [1.82, 2.24) is 0 Å². The Kier molecular flexibility index (Phi) is 6.70. The summed E-state index contributed by atoms with van der Waals surface area (Å²) in [6.07, 6.45) is 12.1. The molecule has 3 atom stereocenters. The molecule has 164 valence electrons. The van der Waals surface area contributed by atoms with Gasteiger partial charge in [0.25, 0.3) is 0 Å². The summed E-state index contributed by atoms with van der Waals surface area (Å²) in [4.78, 5) is 0. The maximum absolute atomic E-state index is 15.1. The van der Waals surface area contributed by atoms with Gasteiger partial charge in [-0.15, -0.1) is 0 Å². The number of unbranched alkanes of at least 4 members (excludes halogenated alkanes) is 3. The molecule has 0 aliphatic heterocycles. The second-order valence-electron chi connectivity index (χ2n) is 9.39. The minimum atomic E-state index is -0.952. The molecule has 2 aromatic carbocycles. The van der Waals surface area contributed by atoms with E-state index in [1.807, 2.05) is 0 Å². The lowest BCUT2D eigenvalue weighted by atomic mass is 9.64. The Morgan fingerprint density at radius 2 is 1.71 bits per heavy atom. The van der Waals surface area contributed by atoms with Crippen LogP contribution in [0.25, 0.3) is 11.1 Å². The van der Waals surface area contributed by atoms with Crippen LogP contribution in [0.3, 0.4) is 0 Å². The lowest BCUT2D eigenvalue weighted by molar-refractivity contribution is 0.199. The van der Waals surface area contributed by atoms with Gasteiger partial charge in [0.15, 0.2) is 0 Å². The number of hydrogen-bond donors (Lipinski definition) is 0. The third-order valence-corrected chi connectivity index (χ3v) is 7.43. The van der Waals surface area contributed by atoms with E-state index in [1.54, 1.807) is 12.1 Å². The highest BCUT2D eigenvalue weighted by Gasteiger charge is 2.35. The first-order chi connectivity index (χ1) is 15.0. The number of hydrogen-bond acceptors (Lipinski definition) is 1. The Morgan fingerprint density at radius 1 is 0.935 bits per heavy atom. The van der Waals surface area contributed by atoms with Gasteiger partial charge in [-0.3, -0.25) is 0 Å². The van der Waals surface area contributed by atoms with Gasteiger partial charge in [-0.05, 0) is 90.8 Å². The molecule has 0 N–H and O–H groups in total. The van der Waals surface area contributed by atoms with Gasteiger partial charge in [-0.25, -0.2) is 13.2 Å². The Morgan fingerprint density at radius 3 is 2.42 bits per heavy atom. The van der Waals surface area contributed by atoms with E-state index >= 15 is 4.39 Å². The maximum Gasteiger partial charge on any atom is 0.144 e. The molecule has 0 bridgehead atoms. The summed E-state index contributed by atoms with van der Waals surface area (Å²) in [6, 6.07) is 7.02. The van der Waals surface area contributed by atoms with Crippen LogP contribution in [0.5, 0.6) is 0 Å². The van der Waals surface area contributed by atoms with E-state index in [9.17, 15) is 8.78 Å². The number of nitrogens with zero attached hydrogens (tertiary/aromatic N) is 1. The first-order valence-corrected chi connectivity index (χ1v) is 11.7. The molecule has 0 amide bonds. The Labute approximate surface area is 183 Å². The standard InChI is InChI=1S/C27H30F3N/c1-2-3-4-5-6-17-7-10-21-18(11-17)8-9-19-12-23(27(30)15-22(19)21)20-13-25(28)24(16-31)26(29)14-20/h12-15,17-18,21H,2-11H2,1H3/t17-,18+,21+/m1/s1. The highest BCUT2D eigenvalue weighted by molar-refractivity contribution is 5.67. The molecule has 31 heavy (non-hydrogen) atoms. The van der Waals surface area contributed by atoms with E-state index in [4.69, 9.17) is 5.26 Å². The molecule has 4 heteroatoms. The van der Waals surface area contributed by atoms with E-state index in [1.165, 1.54) is 51.0 Å². The van der Waals surface area contributed by atoms with Crippen LogP contribution in [-0.4, -0.2) is 0 Å². The molecule has 1 nitrogen and oxygen atoms in total.